The molecule has 4 rings (SSSR count). The van der Waals surface area contributed by atoms with Crippen molar-refractivity contribution in [3.63, 3.8) is 0 Å². The van der Waals surface area contributed by atoms with Gasteiger partial charge in [-0.1, -0.05) is 43.7 Å². The van der Waals surface area contributed by atoms with E-state index >= 15 is 0 Å². The normalized spacial score (nSPS) is 22.1. The molecule has 2 aromatic rings. The van der Waals surface area contributed by atoms with Crippen LogP contribution < -0.4 is 10.0 Å². The number of nitrogens with two attached hydrogens (primary N) is 1. The predicted octanol–water partition coefficient (Wildman–Crippen LogP) is 2.90. The Morgan fingerprint density at radius 2 is 1.44 bits per heavy atom. The highest BCUT2D eigenvalue weighted by Crippen LogP contribution is 2.37. The van der Waals surface area contributed by atoms with Crippen LogP contribution in [-0.4, -0.2) is 38.2 Å². The first kappa shape index (κ1) is 22.2. The van der Waals surface area contributed by atoms with Gasteiger partial charge in [0, 0.05) is 13.1 Å². The third kappa shape index (κ3) is 4.08. The number of piperidine rings is 1. The summed E-state index contributed by atoms with van der Waals surface area (Å²) in [7, 11) is -3.88. The maximum Gasteiger partial charge on any atom is 0.282 e. The maximum absolute atomic E-state index is 13.6. The molecule has 0 saturated carbocycles. The van der Waals surface area contributed by atoms with Gasteiger partial charge in [-0.2, -0.15) is 0 Å². The minimum atomic E-state index is -3.88. The summed E-state index contributed by atoms with van der Waals surface area (Å²) >= 11 is 0. The highest BCUT2D eigenvalue weighted by molar-refractivity contribution is 7.89. The second-order valence-electron chi connectivity index (χ2n) is 8.93. The van der Waals surface area contributed by atoms with E-state index in [1.165, 1.54) is 24.3 Å². The summed E-state index contributed by atoms with van der Waals surface area (Å²) in [4.78, 5) is 30.3. The van der Waals surface area contributed by atoms with Crippen molar-refractivity contribution < 1.29 is 18.0 Å². The molecule has 7 nitrogen and oxygen atoms in total. The van der Waals surface area contributed by atoms with E-state index in [0.29, 0.717) is 47.4 Å². The SMILES string of the molecule is Cc1ccc(C2=C(N3CC(C)CC(C)C3)C(=O)N(c3ccc(S(N)(=O)=O)cc3)C2=O)cc1. The maximum atomic E-state index is 13.6. The number of primary sulfonamides is 1. The molecular weight excluding hydrogens is 426 g/mol. The van der Waals surface area contributed by atoms with Crippen LogP contribution in [0.5, 0.6) is 0 Å². The predicted molar refractivity (Wildman–Crippen MR) is 123 cm³/mol. The molecule has 2 aliphatic heterocycles. The van der Waals surface area contributed by atoms with E-state index in [1.807, 2.05) is 36.1 Å². The van der Waals surface area contributed by atoms with E-state index in [0.717, 1.165) is 16.9 Å². The molecule has 2 heterocycles. The standard InChI is InChI=1S/C24H27N3O4S/c1-15-4-6-18(7-5-15)21-22(26-13-16(2)12-17(3)14-26)24(29)27(23(21)28)19-8-10-20(11-9-19)32(25,30)31/h4-11,16-17H,12-14H2,1-3H3,(H2,25,30,31). The van der Waals surface area contributed by atoms with Crippen LogP contribution >= 0.6 is 0 Å². The highest BCUT2D eigenvalue weighted by Gasteiger charge is 2.43. The van der Waals surface area contributed by atoms with Gasteiger partial charge in [0.15, 0.2) is 0 Å². The van der Waals surface area contributed by atoms with Gasteiger partial charge in [0.2, 0.25) is 10.0 Å². The van der Waals surface area contributed by atoms with Crippen LogP contribution in [0.25, 0.3) is 5.57 Å². The number of imide groups is 1. The molecule has 0 bridgehead atoms. The van der Waals surface area contributed by atoms with Crippen LogP contribution in [0.1, 0.15) is 31.4 Å². The molecule has 0 aliphatic carbocycles. The molecule has 0 aromatic heterocycles. The van der Waals surface area contributed by atoms with Gasteiger partial charge in [-0.15, -0.1) is 0 Å². The summed E-state index contributed by atoms with van der Waals surface area (Å²) in [5, 5.41) is 5.18. The number of likely N-dealkylation sites (tertiary alicyclic amines) is 1. The Bertz CT molecular complexity index is 1190. The fourth-order valence-electron chi connectivity index (χ4n) is 4.66. The molecular formula is C24H27N3O4S. The quantitative estimate of drug-likeness (QED) is 0.718. The molecule has 2 aliphatic rings. The number of carbonyl (C=O) groups is 2. The molecule has 2 atom stereocenters. The van der Waals surface area contributed by atoms with Crippen molar-refractivity contribution in [1.82, 2.24) is 4.90 Å². The van der Waals surface area contributed by atoms with Crippen molar-refractivity contribution in [3.05, 3.63) is 65.4 Å². The fourth-order valence-corrected chi connectivity index (χ4v) is 5.17. The number of benzene rings is 2. The van der Waals surface area contributed by atoms with Gasteiger partial charge in [0.25, 0.3) is 11.8 Å². The van der Waals surface area contributed by atoms with Crippen LogP contribution in [0.4, 0.5) is 5.69 Å². The van der Waals surface area contributed by atoms with E-state index in [-0.39, 0.29) is 4.90 Å². The first-order valence-corrected chi connectivity index (χ1v) is 12.2. The molecule has 168 valence electrons. The third-order valence-electron chi connectivity index (χ3n) is 6.01. The average Bonchev–Trinajstić information content (AvgIpc) is 2.97. The Labute approximate surface area is 188 Å². The van der Waals surface area contributed by atoms with Gasteiger partial charge in [0.05, 0.1) is 16.2 Å². The van der Waals surface area contributed by atoms with Gasteiger partial charge in [-0.25, -0.2) is 18.5 Å². The summed E-state index contributed by atoms with van der Waals surface area (Å²) in [6.45, 7) is 7.67. The Balaban J connectivity index is 1.80. The Morgan fingerprint density at radius 3 is 1.97 bits per heavy atom. The molecule has 2 amide bonds. The molecule has 1 fully saturated rings. The summed E-state index contributed by atoms with van der Waals surface area (Å²) < 4.78 is 23.2. The summed E-state index contributed by atoms with van der Waals surface area (Å²) in [6.07, 6.45) is 1.07. The van der Waals surface area contributed by atoms with Crippen molar-refractivity contribution in [1.29, 1.82) is 0 Å². The van der Waals surface area contributed by atoms with Crippen LogP contribution in [0, 0.1) is 18.8 Å². The Morgan fingerprint density at radius 1 is 0.875 bits per heavy atom. The summed E-state index contributed by atoms with van der Waals surface area (Å²) in [5.41, 5.74) is 2.85. The van der Waals surface area contributed by atoms with Gasteiger partial charge >= 0.3 is 0 Å². The largest absolute Gasteiger partial charge is 0.366 e. The van der Waals surface area contributed by atoms with Crippen molar-refractivity contribution >= 4 is 33.1 Å². The second kappa shape index (κ2) is 8.18. The van der Waals surface area contributed by atoms with Gasteiger partial charge in [-0.05, 0) is 55.0 Å². The number of rotatable bonds is 4. The topological polar surface area (TPSA) is 101 Å². The summed E-state index contributed by atoms with van der Waals surface area (Å²) in [5.74, 6) is -0.00801. The number of nitrogens with zero attached hydrogens (tertiary/aromatic N) is 2. The zero-order valence-corrected chi connectivity index (χ0v) is 19.2. The van der Waals surface area contributed by atoms with Crippen LogP contribution in [0.15, 0.2) is 59.1 Å². The number of sulfonamides is 1. The molecule has 32 heavy (non-hydrogen) atoms. The van der Waals surface area contributed by atoms with Crippen LogP contribution in [0.3, 0.4) is 0 Å². The lowest BCUT2D eigenvalue weighted by Gasteiger charge is -2.37. The first-order chi connectivity index (χ1) is 15.1. The van der Waals surface area contributed by atoms with E-state index in [9.17, 15) is 18.0 Å². The number of anilines is 1. The third-order valence-corrected chi connectivity index (χ3v) is 6.94. The average molecular weight is 454 g/mol. The zero-order valence-electron chi connectivity index (χ0n) is 18.4. The highest BCUT2D eigenvalue weighted by atomic mass is 32.2. The molecule has 0 spiro atoms. The van der Waals surface area contributed by atoms with Crippen LogP contribution in [-0.2, 0) is 19.6 Å². The fraction of sp³-hybridized carbons (Fsp3) is 0.333. The van der Waals surface area contributed by atoms with Crippen molar-refractivity contribution in [3.8, 4) is 0 Å². The van der Waals surface area contributed by atoms with Crippen molar-refractivity contribution in [2.75, 3.05) is 18.0 Å². The monoisotopic (exact) mass is 453 g/mol. The lowest BCUT2D eigenvalue weighted by Crippen LogP contribution is -2.42. The van der Waals surface area contributed by atoms with E-state index in [2.05, 4.69) is 13.8 Å². The van der Waals surface area contributed by atoms with E-state index in [1.54, 1.807) is 0 Å². The zero-order chi connectivity index (χ0) is 23.2. The Hall–Kier alpha value is -2.97. The van der Waals surface area contributed by atoms with E-state index < -0.39 is 21.8 Å². The molecule has 0 radical (unpaired) electrons. The van der Waals surface area contributed by atoms with Gasteiger partial charge in [-0.3, -0.25) is 9.59 Å². The van der Waals surface area contributed by atoms with Gasteiger partial charge in [0.1, 0.15) is 5.70 Å². The van der Waals surface area contributed by atoms with Crippen molar-refractivity contribution in [2.24, 2.45) is 17.0 Å². The lowest BCUT2D eigenvalue weighted by atomic mass is 9.91. The summed E-state index contributed by atoms with van der Waals surface area (Å²) in [6, 6.07) is 13.0. The minimum Gasteiger partial charge on any atom is -0.366 e. The second-order valence-corrected chi connectivity index (χ2v) is 10.5. The number of hydrogen-bond donors (Lipinski definition) is 1. The number of amides is 2. The van der Waals surface area contributed by atoms with E-state index in [4.69, 9.17) is 5.14 Å². The number of hydrogen-bond acceptors (Lipinski definition) is 5. The Kier molecular flexibility index (Phi) is 5.68. The molecule has 2 aromatic carbocycles. The van der Waals surface area contributed by atoms with Crippen molar-refractivity contribution in [2.45, 2.75) is 32.1 Å². The van der Waals surface area contributed by atoms with Crippen LogP contribution in [0.2, 0.25) is 0 Å². The molecule has 2 N–H and O–H groups in total. The van der Waals surface area contributed by atoms with Gasteiger partial charge < -0.3 is 4.90 Å². The number of carbonyl (C=O) groups excluding carboxylic acids is 2. The number of aryl methyl sites for hydroxylation is 1. The lowest BCUT2D eigenvalue weighted by molar-refractivity contribution is -0.120. The smallest absolute Gasteiger partial charge is 0.282 e. The molecule has 2 unspecified atom stereocenters. The molecule has 1 saturated heterocycles. The molecule has 8 heteroatoms. The first-order valence-electron chi connectivity index (χ1n) is 10.6. The minimum absolute atomic E-state index is 0.0778.